The van der Waals surface area contributed by atoms with Crippen LogP contribution in [0.15, 0.2) is 18.2 Å². The van der Waals surface area contributed by atoms with Gasteiger partial charge in [0.2, 0.25) is 5.91 Å². The van der Waals surface area contributed by atoms with Crippen LogP contribution < -0.4 is 5.32 Å². The zero-order valence-corrected chi connectivity index (χ0v) is 10.9. The molecule has 1 aromatic carbocycles. The fourth-order valence-electron chi connectivity index (χ4n) is 1.13. The molecule has 7 heteroatoms. The second-order valence-corrected chi connectivity index (χ2v) is 4.79. The third kappa shape index (κ3) is 3.61. The molecule has 0 heterocycles. The van der Waals surface area contributed by atoms with Gasteiger partial charge in [-0.25, -0.2) is 0 Å². The van der Waals surface area contributed by atoms with Crippen LogP contribution >= 0.6 is 11.6 Å². The highest BCUT2D eigenvalue weighted by molar-refractivity contribution is 6.33. The van der Waals surface area contributed by atoms with Gasteiger partial charge in [-0.15, -0.1) is 0 Å². The van der Waals surface area contributed by atoms with Crippen molar-refractivity contribution in [2.24, 2.45) is 5.41 Å². The van der Waals surface area contributed by atoms with Gasteiger partial charge in [0.1, 0.15) is 5.41 Å². The molecule has 0 unspecified atom stereocenters. The first-order valence-electron chi connectivity index (χ1n) is 5.17. The molecule has 1 rings (SSSR count). The van der Waals surface area contributed by atoms with Crippen LogP contribution in [0.1, 0.15) is 19.4 Å². The van der Waals surface area contributed by atoms with Crippen molar-refractivity contribution in [1.29, 1.82) is 5.26 Å². The Hall–Kier alpha value is -1.74. The minimum Gasteiger partial charge on any atom is -0.323 e. The summed E-state index contributed by atoms with van der Waals surface area (Å²) in [4.78, 5) is 11.7. The zero-order chi connectivity index (χ0) is 14.8. The van der Waals surface area contributed by atoms with Crippen LogP contribution in [0.3, 0.4) is 0 Å². The second kappa shape index (κ2) is 5.10. The number of hydrogen-bond donors (Lipinski definition) is 1. The van der Waals surface area contributed by atoms with Crippen LogP contribution in [0.2, 0.25) is 5.02 Å². The van der Waals surface area contributed by atoms with Gasteiger partial charge in [-0.1, -0.05) is 11.6 Å². The van der Waals surface area contributed by atoms with E-state index in [1.807, 2.05) is 0 Å². The number of halogens is 4. The Morgan fingerprint density at radius 1 is 1.37 bits per heavy atom. The van der Waals surface area contributed by atoms with Gasteiger partial charge in [0.25, 0.3) is 0 Å². The van der Waals surface area contributed by atoms with Crippen LogP contribution in [0.25, 0.3) is 0 Å². The van der Waals surface area contributed by atoms with Crippen molar-refractivity contribution in [3.8, 4) is 6.07 Å². The monoisotopic (exact) mass is 290 g/mol. The highest BCUT2D eigenvalue weighted by Gasteiger charge is 2.32. The molecule has 0 bridgehead atoms. The first kappa shape index (κ1) is 15.3. The quantitative estimate of drug-likeness (QED) is 0.899. The molecular formula is C12H10ClF3N2O. The van der Waals surface area contributed by atoms with E-state index < -0.39 is 23.1 Å². The summed E-state index contributed by atoms with van der Waals surface area (Å²) < 4.78 is 37.6. The predicted molar refractivity (Wildman–Crippen MR) is 64.5 cm³/mol. The second-order valence-electron chi connectivity index (χ2n) is 4.38. The number of nitriles is 1. The molecule has 0 fully saturated rings. The standard InChI is InChI=1S/C12H10ClF3N2O/c1-11(2,6-17)10(19)18-9-5-7(12(14,15)16)3-4-8(9)13/h3-5H,1-2H3,(H,18,19). The van der Waals surface area contributed by atoms with E-state index in [2.05, 4.69) is 5.32 Å². The average Bonchev–Trinajstić information content (AvgIpc) is 2.30. The van der Waals surface area contributed by atoms with Gasteiger partial charge < -0.3 is 5.32 Å². The van der Waals surface area contributed by atoms with Crippen molar-refractivity contribution < 1.29 is 18.0 Å². The molecule has 0 aliphatic heterocycles. The summed E-state index contributed by atoms with van der Waals surface area (Å²) >= 11 is 5.72. The molecule has 19 heavy (non-hydrogen) atoms. The number of rotatable bonds is 2. The lowest BCUT2D eigenvalue weighted by molar-refractivity contribution is -0.137. The maximum atomic E-state index is 12.5. The molecule has 1 amide bonds. The number of carbonyl (C=O) groups is 1. The molecule has 0 aromatic heterocycles. The molecule has 102 valence electrons. The third-order valence-electron chi connectivity index (χ3n) is 2.39. The number of nitrogens with one attached hydrogen (secondary N) is 1. The molecular weight excluding hydrogens is 281 g/mol. The van der Waals surface area contributed by atoms with E-state index in [0.29, 0.717) is 0 Å². The van der Waals surface area contributed by atoms with Gasteiger partial charge in [0.15, 0.2) is 0 Å². The van der Waals surface area contributed by atoms with Crippen LogP contribution in [0.5, 0.6) is 0 Å². The van der Waals surface area contributed by atoms with Gasteiger partial charge in [-0.05, 0) is 32.0 Å². The molecule has 1 N–H and O–H groups in total. The summed E-state index contributed by atoms with van der Waals surface area (Å²) in [6.07, 6.45) is -4.53. The Morgan fingerprint density at radius 2 is 1.95 bits per heavy atom. The van der Waals surface area contributed by atoms with Crippen LogP contribution in [-0.4, -0.2) is 5.91 Å². The highest BCUT2D eigenvalue weighted by atomic mass is 35.5. The van der Waals surface area contributed by atoms with Crippen molar-refractivity contribution in [1.82, 2.24) is 0 Å². The van der Waals surface area contributed by atoms with Crippen molar-refractivity contribution in [2.45, 2.75) is 20.0 Å². The molecule has 0 atom stereocenters. The summed E-state index contributed by atoms with van der Waals surface area (Å²) in [7, 11) is 0. The zero-order valence-electron chi connectivity index (χ0n) is 10.1. The van der Waals surface area contributed by atoms with E-state index in [9.17, 15) is 18.0 Å². The average molecular weight is 291 g/mol. The van der Waals surface area contributed by atoms with Crippen molar-refractivity contribution in [2.75, 3.05) is 5.32 Å². The normalized spacial score (nSPS) is 11.8. The maximum absolute atomic E-state index is 12.5. The summed E-state index contributed by atoms with van der Waals surface area (Å²) in [5, 5.41) is 11.0. The molecule has 0 saturated heterocycles. The first-order valence-corrected chi connectivity index (χ1v) is 5.55. The number of benzene rings is 1. The molecule has 0 spiro atoms. The van der Waals surface area contributed by atoms with Crippen LogP contribution in [0.4, 0.5) is 18.9 Å². The summed E-state index contributed by atoms with van der Waals surface area (Å²) in [6, 6.07) is 4.33. The number of hydrogen-bond acceptors (Lipinski definition) is 2. The van der Waals surface area contributed by atoms with E-state index >= 15 is 0 Å². The largest absolute Gasteiger partial charge is 0.416 e. The van der Waals surface area contributed by atoms with Gasteiger partial charge in [0.05, 0.1) is 22.3 Å². The summed E-state index contributed by atoms with van der Waals surface area (Å²) in [6.45, 7) is 2.70. The smallest absolute Gasteiger partial charge is 0.323 e. The minimum absolute atomic E-state index is 0.0323. The topological polar surface area (TPSA) is 52.9 Å². The lowest BCUT2D eigenvalue weighted by atomic mass is 9.94. The fraction of sp³-hybridized carbons (Fsp3) is 0.333. The molecule has 0 radical (unpaired) electrons. The summed E-state index contributed by atoms with van der Waals surface area (Å²) in [5.41, 5.74) is -2.47. The van der Waals surface area contributed by atoms with Gasteiger partial charge in [0, 0.05) is 0 Å². The number of anilines is 1. The third-order valence-corrected chi connectivity index (χ3v) is 2.72. The van der Waals surface area contributed by atoms with Gasteiger partial charge in [-0.2, -0.15) is 18.4 Å². The predicted octanol–water partition coefficient (Wildman–Crippen LogP) is 3.85. The van der Waals surface area contributed by atoms with Crippen molar-refractivity contribution in [3.63, 3.8) is 0 Å². The van der Waals surface area contributed by atoms with E-state index in [1.165, 1.54) is 13.8 Å². The number of amides is 1. The van der Waals surface area contributed by atoms with Gasteiger partial charge >= 0.3 is 6.18 Å². The molecule has 0 aliphatic rings. The molecule has 0 aliphatic carbocycles. The van der Waals surface area contributed by atoms with Crippen LogP contribution in [0, 0.1) is 16.7 Å². The Morgan fingerprint density at radius 3 is 2.42 bits per heavy atom. The highest BCUT2D eigenvalue weighted by Crippen LogP contribution is 2.34. The summed E-state index contributed by atoms with van der Waals surface area (Å²) in [5.74, 6) is -0.726. The number of alkyl halides is 3. The van der Waals surface area contributed by atoms with Crippen molar-refractivity contribution >= 4 is 23.2 Å². The van der Waals surface area contributed by atoms with E-state index in [-0.39, 0.29) is 10.7 Å². The van der Waals surface area contributed by atoms with Crippen molar-refractivity contribution in [3.05, 3.63) is 28.8 Å². The Kier molecular flexibility index (Phi) is 4.11. The first-order chi connectivity index (χ1) is 8.58. The fourth-order valence-corrected chi connectivity index (χ4v) is 1.29. The lowest BCUT2D eigenvalue weighted by Gasteiger charge is -2.17. The Balaban J connectivity index is 3.09. The van der Waals surface area contributed by atoms with Crippen LogP contribution in [-0.2, 0) is 11.0 Å². The van der Waals surface area contributed by atoms with E-state index in [1.54, 1.807) is 6.07 Å². The van der Waals surface area contributed by atoms with Gasteiger partial charge in [-0.3, -0.25) is 4.79 Å². The molecule has 1 aromatic rings. The van der Waals surface area contributed by atoms with E-state index in [0.717, 1.165) is 18.2 Å². The molecule has 0 saturated carbocycles. The maximum Gasteiger partial charge on any atom is 0.416 e. The Bertz CT molecular complexity index is 547. The molecule has 3 nitrogen and oxygen atoms in total. The van der Waals surface area contributed by atoms with E-state index in [4.69, 9.17) is 16.9 Å². The minimum atomic E-state index is -4.53. The lowest BCUT2D eigenvalue weighted by Crippen LogP contribution is -2.29. The number of nitrogens with zero attached hydrogens (tertiary/aromatic N) is 1. The number of carbonyl (C=O) groups excluding carboxylic acids is 1. The Labute approximate surface area is 113 Å². The SMILES string of the molecule is CC(C)(C#N)C(=O)Nc1cc(C(F)(F)F)ccc1Cl.